The van der Waals surface area contributed by atoms with Crippen molar-refractivity contribution in [1.82, 2.24) is 30.4 Å². The van der Waals surface area contributed by atoms with Gasteiger partial charge in [0, 0.05) is 35.2 Å². The highest BCUT2D eigenvalue weighted by atomic mass is 16.1. The van der Waals surface area contributed by atoms with Crippen molar-refractivity contribution in [1.29, 1.82) is 0 Å². The van der Waals surface area contributed by atoms with E-state index < -0.39 is 0 Å². The predicted octanol–water partition coefficient (Wildman–Crippen LogP) is 1.31. The topological polar surface area (TPSA) is 84.7 Å². The van der Waals surface area contributed by atoms with Crippen LogP contribution in [0.5, 0.6) is 0 Å². The highest BCUT2D eigenvalue weighted by Crippen LogP contribution is 2.17. The van der Waals surface area contributed by atoms with Crippen molar-refractivity contribution in [2.24, 2.45) is 0 Å². The summed E-state index contributed by atoms with van der Waals surface area (Å²) >= 11 is 0. The molecule has 1 aliphatic heterocycles. The number of aryl methyl sites for hydroxylation is 3. The van der Waals surface area contributed by atoms with Gasteiger partial charge in [0.15, 0.2) is 0 Å². The number of hydrogen-bond acceptors (Lipinski definition) is 5. The van der Waals surface area contributed by atoms with Crippen LogP contribution in [0, 0.1) is 27.7 Å². The number of nitrogens with one attached hydrogen (secondary N) is 2. The van der Waals surface area contributed by atoms with Gasteiger partial charge in [-0.25, -0.2) is 14.6 Å². The molecule has 1 fully saturated rings. The average Bonchev–Trinajstić information content (AvgIpc) is 2.83. The molecule has 134 valence electrons. The molecule has 3 heterocycles. The van der Waals surface area contributed by atoms with E-state index in [1.54, 1.807) is 4.68 Å². The zero-order valence-electron chi connectivity index (χ0n) is 15.4. The molecule has 0 bridgehead atoms. The normalized spacial score (nSPS) is 17.5. The Morgan fingerprint density at radius 1 is 1.28 bits per heavy atom. The van der Waals surface area contributed by atoms with Gasteiger partial charge in [-0.15, -0.1) is 0 Å². The van der Waals surface area contributed by atoms with E-state index in [-0.39, 0.29) is 11.9 Å². The van der Waals surface area contributed by atoms with E-state index in [1.807, 2.05) is 33.8 Å². The van der Waals surface area contributed by atoms with E-state index in [9.17, 15) is 4.79 Å². The van der Waals surface area contributed by atoms with Gasteiger partial charge in [0.05, 0.1) is 12.1 Å². The Morgan fingerprint density at radius 3 is 2.64 bits per heavy atom. The monoisotopic (exact) mass is 342 g/mol. The largest absolute Gasteiger partial charge is 0.352 e. The first-order valence-corrected chi connectivity index (χ1v) is 8.82. The highest BCUT2D eigenvalue weighted by molar-refractivity contribution is 5.79. The smallest absolute Gasteiger partial charge is 0.251 e. The van der Waals surface area contributed by atoms with Gasteiger partial charge >= 0.3 is 0 Å². The SMILES string of the molecule is Cc1cc(C)nc(-n2nc(C)c(CC(=O)N[C@H]3CCCNC3)c2C)n1. The van der Waals surface area contributed by atoms with Crippen molar-refractivity contribution in [2.45, 2.75) is 53.0 Å². The summed E-state index contributed by atoms with van der Waals surface area (Å²) in [6, 6.07) is 2.15. The summed E-state index contributed by atoms with van der Waals surface area (Å²) in [5, 5.41) is 11.0. The molecule has 1 saturated heterocycles. The Kier molecular flexibility index (Phi) is 5.13. The van der Waals surface area contributed by atoms with Crippen LogP contribution in [0.25, 0.3) is 5.95 Å². The van der Waals surface area contributed by atoms with Crippen molar-refractivity contribution in [3.63, 3.8) is 0 Å². The van der Waals surface area contributed by atoms with Crippen LogP contribution in [0.1, 0.15) is 41.2 Å². The number of nitrogens with zero attached hydrogens (tertiary/aromatic N) is 4. The number of carbonyl (C=O) groups is 1. The van der Waals surface area contributed by atoms with Crippen LogP contribution in [0.15, 0.2) is 6.07 Å². The summed E-state index contributed by atoms with van der Waals surface area (Å²) < 4.78 is 1.74. The van der Waals surface area contributed by atoms with E-state index in [4.69, 9.17) is 0 Å². The molecule has 3 rings (SSSR count). The van der Waals surface area contributed by atoms with Gasteiger partial charge < -0.3 is 10.6 Å². The molecule has 2 aromatic heterocycles. The van der Waals surface area contributed by atoms with Gasteiger partial charge in [-0.2, -0.15) is 5.10 Å². The van der Waals surface area contributed by atoms with Crippen LogP contribution in [-0.4, -0.2) is 44.8 Å². The lowest BCUT2D eigenvalue weighted by molar-refractivity contribution is -0.121. The maximum Gasteiger partial charge on any atom is 0.251 e. The van der Waals surface area contributed by atoms with E-state index in [0.29, 0.717) is 12.4 Å². The standard InChI is InChI=1S/C18H26N6O/c1-11-8-12(2)21-18(20-11)24-14(4)16(13(3)23-24)9-17(25)22-15-6-5-7-19-10-15/h8,15,19H,5-7,9-10H2,1-4H3,(H,22,25)/t15-/m0/s1. The third-order valence-corrected chi connectivity index (χ3v) is 4.60. The van der Waals surface area contributed by atoms with Crippen LogP contribution in [-0.2, 0) is 11.2 Å². The number of hydrogen-bond donors (Lipinski definition) is 2. The van der Waals surface area contributed by atoms with Gasteiger partial charge in [0.2, 0.25) is 5.91 Å². The van der Waals surface area contributed by atoms with Crippen LogP contribution in [0.4, 0.5) is 0 Å². The molecular formula is C18H26N6O. The summed E-state index contributed by atoms with van der Waals surface area (Å²) in [6.07, 6.45) is 2.47. The minimum atomic E-state index is 0.0424. The van der Waals surface area contributed by atoms with E-state index in [1.165, 1.54) is 0 Å². The van der Waals surface area contributed by atoms with Gasteiger partial charge in [-0.1, -0.05) is 0 Å². The Bertz CT molecular complexity index is 756. The predicted molar refractivity (Wildman–Crippen MR) is 95.8 cm³/mol. The Hall–Kier alpha value is -2.28. The molecular weight excluding hydrogens is 316 g/mol. The van der Waals surface area contributed by atoms with Crippen LogP contribution >= 0.6 is 0 Å². The minimum Gasteiger partial charge on any atom is -0.352 e. The molecule has 1 atom stereocenters. The molecule has 7 heteroatoms. The molecule has 0 aliphatic carbocycles. The molecule has 0 saturated carbocycles. The summed E-state index contributed by atoms with van der Waals surface area (Å²) in [5.41, 5.74) is 4.51. The van der Waals surface area contributed by atoms with Crippen molar-refractivity contribution in [3.05, 3.63) is 34.4 Å². The van der Waals surface area contributed by atoms with Crippen molar-refractivity contribution < 1.29 is 4.79 Å². The van der Waals surface area contributed by atoms with E-state index in [0.717, 1.165) is 54.3 Å². The third kappa shape index (κ3) is 4.04. The van der Waals surface area contributed by atoms with Gasteiger partial charge in [0.1, 0.15) is 0 Å². The Balaban J connectivity index is 1.78. The molecule has 2 N–H and O–H groups in total. The molecule has 0 radical (unpaired) electrons. The number of amides is 1. The second-order valence-electron chi connectivity index (χ2n) is 6.80. The molecule has 0 aromatic carbocycles. The van der Waals surface area contributed by atoms with E-state index in [2.05, 4.69) is 25.7 Å². The fraction of sp³-hybridized carbons (Fsp3) is 0.556. The lowest BCUT2D eigenvalue weighted by Gasteiger charge is -2.23. The quantitative estimate of drug-likeness (QED) is 0.875. The second kappa shape index (κ2) is 7.31. The lowest BCUT2D eigenvalue weighted by atomic mass is 10.1. The molecule has 7 nitrogen and oxygen atoms in total. The molecule has 25 heavy (non-hydrogen) atoms. The number of carbonyl (C=O) groups excluding carboxylic acids is 1. The summed E-state index contributed by atoms with van der Waals surface area (Å²) in [5.74, 6) is 0.599. The number of rotatable bonds is 4. The lowest BCUT2D eigenvalue weighted by Crippen LogP contribution is -2.46. The number of aromatic nitrogens is 4. The Labute approximate surface area is 148 Å². The maximum absolute atomic E-state index is 12.4. The fourth-order valence-electron chi connectivity index (χ4n) is 3.34. The first-order chi connectivity index (χ1) is 11.9. The maximum atomic E-state index is 12.4. The zero-order chi connectivity index (χ0) is 18.0. The molecule has 1 amide bonds. The van der Waals surface area contributed by atoms with E-state index >= 15 is 0 Å². The van der Waals surface area contributed by atoms with Gasteiger partial charge in [-0.05, 0) is 53.1 Å². The fourth-order valence-corrected chi connectivity index (χ4v) is 3.34. The van der Waals surface area contributed by atoms with Crippen LogP contribution in [0.3, 0.4) is 0 Å². The summed E-state index contributed by atoms with van der Waals surface area (Å²) in [6.45, 7) is 9.66. The number of piperidine rings is 1. The van der Waals surface area contributed by atoms with Crippen molar-refractivity contribution in [2.75, 3.05) is 13.1 Å². The molecule has 1 aliphatic rings. The molecule has 0 spiro atoms. The molecule has 0 unspecified atom stereocenters. The van der Waals surface area contributed by atoms with Crippen LogP contribution < -0.4 is 10.6 Å². The Morgan fingerprint density at radius 2 is 2.00 bits per heavy atom. The third-order valence-electron chi connectivity index (χ3n) is 4.60. The minimum absolute atomic E-state index is 0.0424. The van der Waals surface area contributed by atoms with Crippen molar-refractivity contribution >= 4 is 5.91 Å². The summed E-state index contributed by atoms with van der Waals surface area (Å²) in [7, 11) is 0. The summed E-state index contributed by atoms with van der Waals surface area (Å²) in [4.78, 5) is 21.4. The molecule has 2 aromatic rings. The second-order valence-corrected chi connectivity index (χ2v) is 6.80. The first kappa shape index (κ1) is 17.5. The average molecular weight is 342 g/mol. The van der Waals surface area contributed by atoms with Gasteiger partial charge in [0.25, 0.3) is 5.95 Å². The van der Waals surface area contributed by atoms with Crippen molar-refractivity contribution in [3.8, 4) is 5.95 Å². The first-order valence-electron chi connectivity index (χ1n) is 8.82. The zero-order valence-corrected chi connectivity index (χ0v) is 15.4. The van der Waals surface area contributed by atoms with Gasteiger partial charge in [-0.3, -0.25) is 4.79 Å². The van der Waals surface area contributed by atoms with Crippen LogP contribution in [0.2, 0.25) is 0 Å². The highest BCUT2D eigenvalue weighted by Gasteiger charge is 2.20.